The number of benzene rings is 3. The Labute approximate surface area is 163 Å². The fourth-order valence-electron chi connectivity index (χ4n) is 3.46. The highest BCUT2D eigenvalue weighted by molar-refractivity contribution is 5.93. The van der Waals surface area contributed by atoms with Gasteiger partial charge >= 0.3 is 0 Å². The molecule has 0 nitrogen and oxygen atoms in total. The van der Waals surface area contributed by atoms with Crippen molar-refractivity contribution in [2.24, 2.45) is 0 Å². The molecule has 0 amide bonds. The van der Waals surface area contributed by atoms with E-state index in [1.165, 1.54) is 33.4 Å². The summed E-state index contributed by atoms with van der Waals surface area (Å²) in [5, 5.41) is 0. The Kier molecular flexibility index (Phi) is 5.88. The molecule has 0 heterocycles. The fraction of sp³-hybridized carbons (Fsp3) is 0.111. The summed E-state index contributed by atoms with van der Waals surface area (Å²) in [6.45, 7) is 10.8. The zero-order chi connectivity index (χ0) is 19.2. The number of rotatable bonds is 5. The first-order valence-electron chi connectivity index (χ1n) is 9.37. The van der Waals surface area contributed by atoms with E-state index in [4.69, 9.17) is 0 Å². The molecule has 0 saturated carbocycles. The van der Waals surface area contributed by atoms with Crippen LogP contribution in [0.3, 0.4) is 0 Å². The van der Waals surface area contributed by atoms with Gasteiger partial charge in [0.25, 0.3) is 0 Å². The third kappa shape index (κ3) is 4.01. The topological polar surface area (TPSA) is 0 Å². The maximum absolute atomic E-state index is 4.37. The second-order valence-corrected chi connectivity index (χ2v) is 6.73. The van der Waals surface area contributed by atoms with Crippen molar-refractivity contribution in [3.05, 3.63) is 120 Å². The molecule has 134 valence electrons. The van der Waals surface area contributed by atoms with Crippen molar-refractivity contribution < 1.29 is 0 Å². The summed E-state index contributed by atoms with van der Waals surface area (Å²) in [4.78, 5) is 0. The molecule has 0 radical (unpaired) electrons. The first-order chi connectivity index (χ1) is 13.1. The van der Waals surface area contributed by atoms with Crippen LogP contribution in [-0.2, 0) is 0 Å². The van der Waals surface area contributed by atoms with E-state index in [9.17, 15) is 0 Å². The average Bonchev–Trinajstić information content (AvgIpc) is 2.73. The van der Waals surface area contributed by atoms with Gasteiger partial charge in [0.15, 0.2) is 0 Å². The lowest BCUT2D eigenvalue weighted by molar-refractivity contribution is 1.39. The smallest absolute Gasteiger partial charge is 0.0146 e. The van der Waals surface area contributed by atoms with Gasteiger partial charge in [0.2, 0.25) is 0 Å². The molecule has 3 rings (SSSR count). The van der Waals surface area contributed by atoms with Crippen LogP contribution >= 0.6 is 0 Å². The van der Waals surface area contributed by atoms with Gasteiger partial charge in [0.1, 0.15) is 0 Å². The molecule has 0 spiro atoms. The van der Waals surface area contributed by atoms with E-state index in [0.29, 0.717) is 0 Å². The van der Waals surface area contributed by atoms with Gasteiger partial charge in [0.05, 0.1) is 0 Å². The molecular weight excluding hydrogens is 324 g/mol. The normalized spacial score (nSPS) is 12.1. The Hall–Kier alpha value is -3.12. The quantitative estimate of drug-likeness (QED) is 0.413. The monoisotopic (exact) mass is 350 g/mol. The maximum Gasteiger partial charge on any atom is -0.0146 e. The Balaban J connectivity index is 2.15. The molecule has 3 aromatic rings. The van der Waals surface area contributed by atoms with Crippen LogP contribution in [0.1, 0.15) is 30.5 Å². The van der Waals surface area contributed by atoms with E-state index in [-0.39, 0.29) is 0 Å². The lowest BCUT2D eigenvalue weighted by atomic mass is 9.87. The molecule has 27 heavy (non-hydrogen) atoms. The number of hydrogen-bond donors (Lipinski definition) is 0. The fourth-order valence-corrected chi connectivity index (χ4v) is 3.46. The van der Waals surface area contributed by atoms with Gasteiger partial charge < -0.3 is 0 Å². The highest BCUT2D eigenvalue weighted by Gasteiger charge is 2.12. The van der Waals surface area contributed by atoms with Gasteiger partial charge in [-0.15, -0.1) is 0 Å². The van der Waals surface area contributed by atoms with Gasteiger partial charge in [-0.05, 0) is 65.3 Å². The van der Waals surface area contributed by atoms with Crippen LogP contribution in [0.15, 0.2) is 103 Å². The van der Waals surface area contributed by atoms with Gasteiger partial charge in [-0.3, -0.25) is 0 Å². The van der Waals surface area contributed by atoms with Crippen LogP contribution in [0.4, 0.5) is 0 Å². The van der Waals surface area contributed by atoms with Crippen LogP contribution in [0, 0.1) is 6.92 Å². The van der Waals surface area contributed by atoms with Crippen molar-refractivity contribution in [1.82, 2.24) is 0 Å². The molecule has 0 unspecified atom stereocenters. The van der Waals surface area contributed by atoms with E-state index < -0.39 is 0 Å². The van der Waals surface area contributed by atoms with E-state index >= 15 is 0 Å². The molecular formula is C27H26. The first kappa shape index (κ1) is 18.7. The third-order valence-electron chi connectivity index (χ3n) is 5.02. The molecule has 0 aliphatic carbocycles. The zero-order valence-corrected chi connectivity index (χ0v) is 16.4. The standard InChI is InChI=1S/C27H26/c1-5-13-26(21(3)20(2)23-14-8-6-9-15-23)27-19-12-18-25(22(27)4)24-16-10-7-11-17-24/h5-19H,2H2,1,3-4H3/b13-5-,26-21+. The van der Waals surface area contributed by atoms with Crippen molar-refractivity contribution in [3.63, 3.8) is 0 Å². The third-order valence-corrected chi connectivity index (χ3v) is 5.02. The van der Waals surface area contributed by atoms with Crippen LogP contribution in [0.5, 0.6) is 0 Å². The largest absolute Gasteiger partial charge is 0.0909 e. The summed E-state index contributed by atoms with van der Waals surface area (Å²) < 4.78 is 0. The zero-order valence-electron chi connectivity index (χ0n) is 16.4. The SMILES string of the molecule is C=C(/C(C)=C(\C=C/C)c1cccc(-c2ccccc2)c1C)c1ccccc1. The van der Waals surface area contributed by atoms with Crippen molar-refractivity contribution in [2.75, 3.05) is 0 Å². The highest BCUT2D eigenvalue weighted by atomic mass is 14.2. The number of hydrogen-bond acceptors (Lipinski definition) is 0. The van der Waals surface area contributed by atoms with Crippen LogP contribution < -0.4 is 0 Å². The molecule has 0 fully saturated rings. The van der Waals surface area contributed by atoms with Crippen LogP contribution in [0.25, 0.3) is 22.3 Å². The van der Waals surface area contributed by atoms with E-state index in [1.54, 1.807) is 0 Å². The van der Waals surface area contributed by atoms with Crippen molar-refractivity contribution in [1.29, 1.82) is 0 Å². The van der Waals surface area contributed by atoms with Gasteiger partial charge in [0, 0.05) is 0 Å². The maximum atomic E-state index is 4.37. The Morgan fingerprint density at radius 1 is 0.815 bits per heavy atom. The molecule has 0 atom stereocenters. The van der Waals surface area contributed by atoms with Gasteiger partial charge in [-0.25, -0.2) is 0 Å². The van der Waals surface area contributed by atoms with Crippen LogP contribution in [0.2, 0.25) is 0 Å². The van der Waals surface area contributed by atoms with Crippen molar-refractivity contribution in [2.45, 2.75) is 20.8 Å². The molecule has 0 aliphatic heterocycles. The second-order valence-electron chi connectivity index (χ2n) is 6.73. The van der Waals surface area contributed by atoms with Crippen molar-refractivity contribution in [3.8, 4) is 11.1 Å². The minimum absolute atomic E-state index is 1.06. The van der Waals surface area contributed by atoms with Crippen LogP contribution in [-0.4, -0.2) is 0 Å². The predicted octanol–water partition coefficient (Wildman–Crippen LogP) is 7.73. The summed E-state index contributed by atoms with van der Waals surface area (Å²) >= 11 is 0. The molecule has 0 aromatic heterocycles. The first-order valence-corrected chi connectivity index (χ1v) is 9.37. The summed E-state index contributed by atoms with van der Waals surface area (Å²) in [5.74, 6) is 0. The molecule has 0 N–H and O–H groups in total. The lowest BCUT2D eigenvalue weighted by Gasteiger charge is -2.17. The summed E-state index contributed by atoms with van der Waals surface area (Å²) in [7, 11) is 0. The van der Waals surface area contributed by atoms with Gasteiger partial charge in [-0.1, -0.05) is 97.6 Å². The molecule has 0 saturated heterocycles. The molecule has 0 aliphatic rings. The Bertz CT molecular complexity index is 987. The summed E-state index contributed by atoms with van der Waals surface area (Å²) in [5.41, 5.74) is 9.71. The minimum atomic E-state index is 1.06. The Morgan fingerprint density at radius 2 is 1.44 bits per heavy atom. The summed E-state index contributed by atoms with van der Waals surface area (Å²) in [6, 6.07) is 27.5. The molecule has 3 aromatic carbocycles. The van der Waals surface area contributed by atoms with Crippen molar-refractivity contribution >= 4 is 11.1 Å². The Morgan fingerprint density at radius 3 is 2.07 bits per heavy atom. The second kappa shape index (κ2) is 8.51. The van der Waals surface area contributed by atoms with E-state index in [0.717, 1.165) is 11.1 Å². The molecule has 0 heteroatoms. The van der Waals surface area contributed by atoms with E-state index in [1.807, 2.05) is 6.07 Å². The number of allylic oxidation sites excluding steroid dienone is 5. The van der Waals surface area contributed by atoms with E-state index in [2.05, 4.69) is 112 Å². The summed E-state index contributed by atoms with van der Waals surface area (Å²) in [6.07, 6.45) is 4.30. The lowest BCUT2D eigenvalue weighted by Crippen LogP contribution is -1.95. The highest BCUT2D eigenvalue weighted by Crippen LogP contribution is 2.34. The molecule has 0 bridgehead atoms. The predicted molar refractivity (Wildman–Crippen MR) is 119 cm³/mol. The van der Waals surface area contributed by atoms with Gasteiger partial charge in [-0.2, -0.15) is 0 Å². The minimum Gasteiger partial charge on any atom is -0.0909 e. The average molecular weight is 351 g/mol.